The lowest BCUT2D eigenvalue weighted by molar-refractivity contribution is 0.0760. The van der Waals surface area contributed by atoms with Crippen molar-refractivity contribution in [3.8, 4) is 0 Å². The highest BCUT2D eigenvalue weighted by molar-refractivity contribution is 6.06. The number of amides is 1. The number of pyridine rings is 1. The van der Waals surface area contributed by atoms with Crippen LogP contribution in [-0.4, -0.2) is 42.0 Å². The SMILES string of the molecule is O=C(c1cc(=O)[nH]c2ccc(F)cc12)N1CC[C@@H]2CNC[C@@H]2CC1. The summed E-state index contributed by atoms with van der Waals surface area (Å²) in [4.78, 5) is 29.3. The van der Waals surface area contributed by atoms with E-state index in [4.69, 9.17) is 0 Å². The van der Waals surface area contributed by atoms with Gasteiger partial charge in [0.2, 0.25) is 5.56 Å². The predicted octanol–water partition coefficient (Wildman–Crippen LogP) is 1.74. The van der Waals surface area contributed by atoms with E-state index in [2.05, 4.69) is 10.3 Å². The molecular formula is C18H20FN3O2. The van der Waals surface area contributed by atoms with Crippen LogP contribution in [0.15, 0.2) is 29.1 Å². The number of H-pyrrole nitrogens is 1. The molecule has 2 aliphatic heterocycles. The second kappa shape index (κ2) is 6.02. The number of halogens is 1. The van der Waals surface area contributed by atoms with Crippen LogP contribution in [0.3, 0.4) is 0 Å². The molecule has 1 aromatic heterocycles. The van der Waals surface area contributed by atoms with Crippen molar-refractivity contribution in [1.82, 2.24) is 15.2 Å². The third-order valence-corrected chi connectivity index (χ3v) is 5.34. The van der Waals surface area contributed by atoms with E-state index in [0.717, 1.165) is 25.9 Å². The Morgan fingerprint density at radius 1 is 1.12 bits per heavy atom. The second-order valence-corrected chi connectivity index (χ2v) is 6.79. The molecular weight excluding hydrogens is 309 g/mol. The minimum atomic E-state index is -0.417. The monoisotopic (exact) mass is 329 g/mol. The molecule has 2 atom stereocenters. The van der Waals surface area contributed by atoms with Gasteiger partial charge in [0, 0.05) is 30.1 Å². The van der Waals surface area contributed by atoms with Gasteiger partial charge in [-0.05, 0) is 56.0 Å². The topological polar surface area (TPSA) is 65.2 Å². The maximum atomic E-state index is 13.6. The van der Waals surface area contributed by atoms with Crippen molar-refractivity contribution < 1.29 is 9.18 Å². The molecule has 2 N–H and O–H groups in total. The summed E-state index contributed by atoms with van der Waals surface area (Å²) in [6.45, 7) is 3.41. The summed E-state index contributed by atoms with van der Waals surface area (Å²) in [6, 6.07) is 5.39. The maximum absolute atomic E-state index is 13.6. The molecule has 126 valence electrons. The van der Waals surface area contributed by atoms with Gasteiger partial charge in [-0.1, -0.05) is 0 Å². The van der Waals surface area contributed by atoms with Gasteiger partial charge in [0.1, 0.15) is 5.82 Å². The fourth-order valence-corrected chi connectivity index (χ4v) is 3.99. The van der Waals surface area contributed by atoms with Crippen molar-refractivity contribution in [3.05, 3.63) is 46.0 Å². The number of aromatic nitrogens is 1. The van der Waals surface area contributed by atoms with E-state index >= 15 is 0 Å². The lowest BCUT2D eigenvalue weighted by atomic mass is 9.92. The van der Waals surface area contributed by atoms with Gasteiger partial charge >= 0.3 is 0 Å². The van der Waals surface area contributed by atoms with E-state index in [1.54, 1.807) is 0 Å². The van der Waals surface area contributed by atoms with E-state index in [1.807, 2.05) is 4.90 Å². The van der Waals surface area contributed by atoms with E-state index in [-0.39, 0.29) is 11.5 Å². The number of carbonyl (C=O) groups is 1. The number of nitrogens with one attached hydrogen (secondary N) is 2. The quantitative estimate of drug-likeness (QED) is 0.837. The van der Waals surface area contributed by atoms with Crippen LogP contribution in [0.5, 0.6) is 0 Å². The number of benzene rings is 1. The molecule has 2 aliphatic rings. The number of rotatable bonds is 1. The summed E-state index contributed by atoms with van der Waals surface area (Å²) in [5.41, 5.74) is 0.440. The van der Waals surface area contributed by atoms with Crippen molar-refractivity contribution in [2.75, 3.05) is 26.2 Å². The number of nitrogens with zero attached hydrogens (tertiary/aromatic N) is 1. The smallest absolute Gasteiger partial charge is 0.254 e. The first-order valence-corrected chi connectivity index (χ1v) is 8.44. The number of fused-ring (bicyclic) bond motifs is 2. The third-order valence-electron chi connectivity index (χ3n) is 5.34. The van der Waals surface area contributed by atoms with Gasteiger partial charge < -0.3 is 15.2 Å². The Hall–Kier alpha value is -2.21. The molecule has 0 aliphatic carbocycles. The summed E-state index contributed by atoms with van der Waals surface area (Å²) >= 11 is 0. The zero-order valence-corrected chi connectivity index (χ0v) is 13.3. The van der Waals surface area contributed by atoms with Gasteiger partial charge in [-0.3, -0.25) is 9.59 Å². The van der Waals surface area contributed by atoms with Gasteiger partial charge in [-0.15, -0.1) is 0 Å². The van der Waals surface area contributed by atoms with Crippen molar-refractivity contribution >= 4 is 16.8 Å². The highest BCUT2D eigenvalue weighted by atomic mass is 19.1. The molecule has 0 spiro atoms. The summed E-state index contributed by atoms with van der Waals surface area (Å²) in [7, 11) is 0. The Kier molecular flexibility index (Phi) is 3.84. The molecule has 3 heterocycles. The maximum Gasteiger partial charge on any atom is 0.254 e. The molecule has 5 nitrogen and oxygen atoms in total. The minimum absolute atomic E-state index is 0.176. The van der Waals surface area contributed by atoms with Crippen LogP contribution in [0.25, 0.3) is 10.9 Å². The molecule has 4 rings (SSSR count). The summed E-state index contributed by atoms with van der Waals surface area (Å²) in [5, 5.41) is 3.88. The van der Waals surface area contributed by atoms with Crippen LogP contribution in [-0.2, 0) is 0 Å². The van der Waals surface area contributed by atoms with Crippen LogP contribution in [0.1, 0.15) is 23.2 Å². The molecule has 1 amide bonds. The van der Waals surface area contributed by atoms with Crippen LogP contribution in [0.4, 0.5) is 4.39 Å². The van der Waals surface area contributed by atoms with E-state index in [0.29, 0.717) is 41.4 Å². The van der Waals surface area contributed by atoms with Crippen LogP contribution in [0.2, 0.25) is 0 Å². The Labute approximate surface area is 138 Å². The Morgan fingerprint density at radius 3 is 2.54 bits per heavy atom. The number of likely N-dealkylation sites (tertiary alicyclic amines) is 1. The zero-order valence-electron chi connectivity index (χ0n) is 13.3. The number of hydrogen-bond acceptors (Lipinski definition) is 3. The average Bonchev–Trinajstić information content (AvgIpc) is 2.92. The Morgan fingerprint density at radius 2 is 1.83 bits per heavy atom. The van der Waals surface area contributed by atoms with Gasteiger partial charge in [-0.2, -0.15) is 0 Å². The molecule has 0 bridgehead atoms. The third kappa shape index (κ3) is 2.71. The van der Waals surface area contributed by atoms with Crippen LogP contribution >= 0.6 is 0 Å². The molecule has 2 aromatic rings. The minimum Gasteiger partial charge on any atom is -0.339 e. The summed E-state index contributed by atoms with van der Waals surface area (Å²) in [5.74, 6) is 0.650. The first-order valence-electron chi connectivity index (χ1n) is 8.44. The van der Waals surface area contributed by atoms with E-state index in [9.17, 15) is 14.0 Å². The van der Waals surface area contributed by atoms with Gasteiger partial charge in [0.25, 0.3) is 5.91 Å². The average molecular weight is 329 g/mol. The standard InChI is InChI=1S/C18H20FN3O2/c19-13-1-2-16-14(7-13)15(8-17(23)21-16)18(24)22-5-3-11-9-20-10-12(11)4-6-22/h1-2,7-8,11-12,20H,3-6,9-10H2,(H,21,23)/t11-,12+. The molecule has 2 saturated heterocycles. The predicted molar refractivity (Wildman–Crippen MR) is 89.5 cm³/mol. The Bertz CT molecular complexity index is 834. The number of aromatic amines is 1. The fourth-order valence-electron chi connectivity index (χ4n) is 3.99. The van der Waals surface area contributed by atoms with Crippen molar-refractivity contribution in [1.29, 1.82) is 0 Å². The van der Waals surface area contributed by atoms with Gasteiger partial charge in [0.05, 0.1) is 5.56 Å². The van der Waals surface area contributed by atoms with E-state index in [1.165, 1.54) is 24.3 Å². The fraction of sp³-hybridized carbons (Fsp3) is 0.444. The van der Waals surface area contributed by atoms with Crippen LogP contribution in [0, 0.1) is 17.7 Å². The van der Waals surface area contributed by atoms with Crippen molar-refractivity contribution in [2.24, 2.45) is 11.8 Å². The molecule has 2 fully saturated rings. The van der Waals surface area contributed by atoms with Crippen molar-refractivity contribution in [3.63, 3.8) is 0 Å². The number of hydrogen-bond donors (Lipinski definition) is 2. The zero-order chi connectivity index (χ0) is 16.7. The summed E-state index contributed by atoms with van der Waals surface area (Å²) in [6.07, 6.45) is 1.94. The highest BCUT2D eigenvalue weighted by Crippen LogP contribution is 2.28. The van der Waals surface area contributed by atoms with Gasteiger partial charge in [-0.25, -0.2) is 4.39 Å². The highest BCUT2D eigenvalue weighted by Gasteiger charge is 2.32. The lowest BCUT2D eigenvalue weighted by Crippen LogP contribution is -2.33. The lowest BCUT2D eigenvalue weighted by Gasteiger charge is -2.21. The molecule has 24 heavy (non-hydrogen) atoms. The molecule has 0 saturated carbocycles. The Balaban J connectivity index is 1.68. The molecule has 0 radical (unpaired) electrons. The largest absolute Gasteiger partial charge is 0.339 e. The first kappa shape index (κ1) is 15.3. The summed E-state index contributed by atoms with van der Waals surface area (Å²) < 4.78 is 13.6. The molecule has 6 heteroatoms. The number of carbonyl (C=O) groups excluding carboxylic acids is 1. The van der Waals surface area contributed by atoms with Gasteiger partial charge in [0.15, 0.2) is 0 Å². The molecule has 1 aromatic carbocycles. The van der Waals surface area contributed by atoms with E-state index < -0.39 is 5.82 Å². The normalized spacial score (nSPS) is 24.0. The second-order valence-electron chi connectivity index (χ2n) is 6.79. The van der Waals surface area contributed by atoms with Crippen molar-refractivity contribution in [2.45, 2.75) is 12.8 Å². The van der Waals surface area contributed by atoms with Crippen LogP contribution < -0.4 is 10.9 Å². The first-order chi connectivity index (χ1) is 11.6. The molecule has 0 unspecified atom stereocenters.